The number of carbonyl (C=O) groups is 3. The number of nitrogens with zero attached hydrogens (tertiary/aromatic N) is 2. The highest BCUT2D eigenvalue weighted by Gasteiger charge is 2.45. The summed E-state index contributed by atoms with van der Waals surface area (Å²) in [6.45, 7) is 0.608. The number of benzene rings is 2. The lowest BCUT2D eigenvalue weighted by atomic mass is 9.95. The molecule has 0 aliphatic carbocycles. The normalized spacial score (nSPS) is 17.9. The molecule has 162 valence electrons. The molecule has 1 fully saturated rings. The van der Waals surface area contributed by atoms with E-state index in [0.29, 0.717) is 30.0 Å². The second-order valence-electron chi connectivity index (χ2n) is 7.49. The first-order valence-electron chi connectivity index (χ1n) is 9.79. The van der Waals surface area contributed by atoms with Gasteiger partial charge in [-0.1, -0.05) is 42.5 Å². The number of primary amides is 1. The highest BCUT2D eigenvalue weighted by Crippen LogP contribution is 2.39. The maximum atomic E-state index is 12.9. The number of aliphatic hydroxyl groups excluding tert-OH is 1. The van der Waals surface area contributed by atoms with Crippen molar-refractivity contribution in [2.45, 2.75) is 6.04 Å². The number of nitrogens with two attached hydrogens (primary N) is 1. The average Bonchev–Trinajstić information content (AvgIpc) is 3.01. The Hall–Kier alpha value is -3.65. The lowest BCUT2D eigenvalue weighted by molar-refractivity contribution is -0.140. The van der Waals surface area contributed by atoms with Gasteiger partial charge in [0.05, 0.1) is 11.6 Å². The van der Waals surface area contributed by atoms with Crippen molar-refractivity contribution in [1.29, 1.82) is 0 Å². The molecule has 2 aromatic rings. The molecule has 8 nitrogen and oxygen atoms in total. The second-order valence-corrected chi connectivity index (χ2v) is 7.49. The van der Waals surface area contributed by atoms with E-state index in [2.05, 4.69) is 0 Å². The number of hydrogen-bond donors (Lipinski definition) is 2. The molecule has 0 saturated carbocycles. The molecule has 1 atom stereocenters. The van der Waals surface area contributed by atoms with Gasteiger partial charge in [-0.25, -0.2) is 0 Å². The first kappa shape index (κ1) is 22.0. The molecular formula is C23H25N3O5. The summed E-state index contributed by atoms with van der Waals surface area (Å²) in [6, 6.07) is 14.6. The number of ether oxygens (including phenoxy) is 1. The summed E-state index contributed by atoms with van der Waals surface area (Å²) >= 11 is 0. The fourth-order valence-corrected chi connectivity index (χ4v) is 3.42. The van der Waals surface area contributed by atoms with Crippen LogP contribution < -0.4 is 10.5 Å². The van der Waals surface area contributed by atoms with Crippen molar-refractivity contribution in [2.24, 2.45) is 5.73 Å². The van der Waals surface area contributed by atoms with E-state index >= 15 is 0 Å². The highest BCUT2D eigenvalue weighted by atomic mass is 16.5. The van der Waals surface area contributed by atoms with E-state index in [1.54, 1.807) is 54.6 Å². The topological polar surface area (TPSA) is 113 Å². The molecule has 3 rings (SSSR count). The van der Waals surface area contributed by atoms with Crippen LogP contribution in [0, 0.1) is 0 Å². The molecule has 1 heterocycles. The van der Waals surface area contributed by atoms with E-state index in [0.717, 1.165) is 0 Å². The predicted octanol–water partition coefficient (Wildman–Crippen LogP) is 1.53. The molecule has 0 radical (unpaired) electrons. The Balaban J connectivity index is 2.04. The third-order valence-corrected chi connectivity index (χ3v) is 4.95. The molecule has 8 heteroatoms. The van der Waals surface area contributed by atoms with E-state index in [1.807, 2.05) is 19.0 Å². The minimum absolute atomic E-state index is 0.0424. The van der Waals surface area contributed by atoms with Gasteiger partial charge in [0.25, 0.3) is 17.6 Å². The van der Waals surface area contributed by atoms with Crippen molar-refractivity contribution in [3.63, 3.8) is 0 Å². The van der Waals surface area contributed by atoms with Gasteiger partial charge >= 0.3 is 0 Å². The van der Waals surface area contributed by atoms with Crippen molar-refractivity contribution in [2.75, 3.05) is 33.8 Å². The fourth-order valence-electron chi connectivity index (χ4n) is 3.42. The number of rotatable bonds is 8. The van der Waals surface area contributed by atoms with E-state index in [1.165, 1.54) is 4.90 Å². The first-order valence-corrected chi connectivity index (χ1v) is 9.79. The van der Waals surface area contributed by atoms with Gasteiger partial charge in [-0.3, -0.25) is 14.4 Å². The second kappa shape index (κ2) is 9.44. The van der Waals surface area contributed by atoms with Crippen LogP contribution in [0.5, 0.6) is 5.75 Å². The number of carbonyl (C=O) groups excluding carboxylic acids is 3. The van der Waals surface area contributed by atoms with Crippen LogP contribution in [0.1, 0.15) is 17.2 Å². The predicted molar refractivity (Wildman–Crippen MR) is 115 cm³/mol. The molecule has 0 aromatic heterocycles. The maximum absolute atomic E-state index is 12.9. The standard InChI is InChI=1S/C23H25N3O5/c1-25(2)12-13-26-20(15-8-10-17(11-9-15)31-14-18(24)27)19(22(29)23(26)30)21(28)16-6-4-3-5-7-16/h3-11,20,28H,12-14H2,1-2H3,(H2,24,27)/b21-19+. The summed E-state index contributed by atoms with van der Waals surface area (Å²) in [5, 5.41) is 10.9. The van der Waals surface area contributed by atoms with Crippen molar-refractivity contribution in [3.05, 3.63) is 71.3 Å². The SMILES string of the molecule is CN(C)CCN1C(=O)C(=O)/C(=C(/O)c2ccccc2)C1c1ccc(OCC(N)=O)cc1. The quantitative estimate of drug-likeness (QED) is 0.378. The number of Topliss-reactive ketones (excluding diaryl/α,β-unsaturated/α-hetero) is 1. The number of ketones is 1. The summed E-state index contributed by atoms with van der Waals surface area (Å²) in [4.78, 5) is 40.0. The van der Waals surface area contributed by atoms with Crippen molar-refractivity contribution in [3.8, 4) is 5.75 Å². The van der Waals surface area contributed by atoms with Gasteiger partial charge in [0.15, 0.2) is 6.61 Å². The summed E-state index contributed by atoms with van der Waals surface area (Å²) < 4.78 is 5.29. The van der Waals surface area contributed by atoms with E-state index in [9.17, 15) is 19.5 Å². The van der Waals surface area contributed by atoms with Gasteiger partial charge in [0, 0.05) is 18.7 Å². The van der Waals surface area contributed by atoms with E-state index < -0.39 is 23.6 Å². The molecule has 1 unspecified atom stereocenters. The first-order chi connectivity index (χ1) is 14.8. The van der Waals surface area contributed by atoms with Gasteiger partial charge in [-0.15, -0.1) is 0 Å². The zero-order valence-electron chi connectivity index (χ0n) is 17.4. The van der Waals surface area contributed by atoms with Crippen LogP contribution in [0.25, 0.3) is 5.76 Å². The van der Waals surface area contributed by atoms with Crippen molar-refractivity contribution >= 4 is 23.4 Å². The van der Waals surface area contributed by atoms with Gasteiger partial charge in [-0.05, 0) is 31.8 Å². The smallest absolute Gasteiger partial charge is 0.295 e. The minimum Gasteiger partial charge on any atom is -0.507 e. The Morgan fingerprint density at radius 2 is 1.74 bits per heavy atom. The number of likely N-dealkylation sites (N-methyl/N-ethyl adjacent to an activating group) is 1. The van der Waals surface area contributed by atoms with Crippen LogP contribution >= 0.6 is 0 Å². The molecule has 2 amide bonds. The summed E-state index contributed by atoms with van der Waals surface area (Å²) in [7, 11) is 3.75. The largest absolute Gasteiger partial charge is 0.507 e. The van der Waals surface area contributed by atoms with Crippen LogP contribution in [-0.4, -0.2) is 66.3 Å². The Morgan fingerprint density at radius 1 is 1.10 bits per heavy atom. The van der Waals surface area contributed by atoms with Crippen molar-refractivity contribution < 1.29 is 24.2 Å². The molecule has 0 bridgehead atoms. The molecule has 3 N–H and O–H groups in total. The van der Waals surface area contributed by atoms with Crippen LogP contribution in [0.4, 0.5) is 0 Å². The number of hydrogen-bond acceptors (Lipinski definition) is 6. The monoisotopic (exact) mass is 423 g/mol. The maximum Gasteiger partial charge on any atom is 0.295 e. The van der Waals surface area contributed by atoms with Gasteiger partial charge in [-0.2, -0.15) is 0 Å². The number of likely N-dealkylation sites (tertiary alicyclic amines) is 1. The average molecular weight is 423 g/mol. The molecule has 1 saturated heterocycles. The third-order valence-electron chi connectivity index (χ3n) is 4.95. The van der Waals surface area contributed by atoms with Crippen LogP contribution in [0.2, 0.25) is 0 Å². The molecule has 0 spiro atoms. The van der Waals surface area contributed by atoms with Crippen LogP contribution in [-0.2, 0) is 14.4 Å². The van der Waals surface area contributed by atoms with Gasteiger partial charge in [0.1, 0.15) is 11.5 Å². The highest BCUT2D eigenvalue weighted by molar-refractivity contribution is 6.46. The van der Waals surface area contributed by atoms with E-state index in [-0.39, 0.29) is 17.9 Å². The minimum atomic E-state index is -0.745. The summed E-state index contributed by atoms with van der Waals surface area (Å²) in [6.07, 6.45) is 0. The summed E-state index contributed by atoms with van der Waals surface area (Å²) in [5.74, 6) is -1.76. The zero-order chi connectivity index (χ0) is 22.5. The Kier molecular flexibility index (Phi) is 6.71. The Morgan fingerprint density at radius 3 is 2.32 bits per heavy atom. The van der Waals surface area contributed by atoms with Gasteiger partial charge < -0.3 is 25.4 Å². The molecule has 1 aliphatic rings. The molecule has 31 heavy (non-hydrogen) atoms. The fraction of sp³-hybridized carbons (Fsp3) is 0.261. The Labute approximate surface area is 180 Å². The van der Waals surface area contributed by atoms with Gasteiger partial charge in [0.2, 0.25) is 0 Å². The van der Waals surface area contributed by atoms with Crippen molar-refractivity contribution in [1.82, 2.24) is 9.80 Å². The molecule has 1 aliphatic heterocycles. The lowest BCUT2D eigenvalue weighted by Crippen LogP contribution is -2.35. The molecular weight excluding hydrogens is 398 g/mol. The van der Waals surface area contributed by atoms with Crippen LogP contribution in [0.3, 0.4) is 0 Å². The molecule has 2 aromatic carbocycles. The van der Waals surface area contributed by atoms with E-state index in [4.69, 9.17) is 10.5 Å². The lowest BCUT2D eigenvalue weighted by Gasteiger charge is -2.26. The van der Waals surface area contributed by atoms with Crippen LogP contribution in [0.15, 0.2) is 60.2 Å². The third kappa shape index (κ3) is 4.92. The number of amides is 2. The zero-order valence-corrected chi connectivity index (χ0v) is 17.4. The summed E-state index contributed by atoms with van der Waals surface area (Å²) in [5.41, 5.74) is 6.24. The number of aliphatic hydroxyl groups is 1. The Bertz CT molecular complexity index is 1000.